The van der Waals surface area contributed by atoms with Crippen LogP contribution in [0, 0.1) is 11.3 Å². The van der Waals surface area contributed by atoms with E-state index in [1.165, 1.54) is 12.0 Å². The highest BCUT2D eigenvalue weighted by molar-refractivity contribution is 5.52. The summed E-state index contributed by atoms with van der Waals surface area (Å²) in [5.41, 5.74) is 3.51. The summed E-state index contributed by atoms with van der Waals surface area (Å²) in [7, 11) is 0. The van der Waals surface area contributed by atoms with Crippen LogP contribution in [0.5, 0.6) is 0 Å². The van der Waals surface area contributed by atoms with Gasteiger partial charge in [-0.1, -0.05) is 42.0 Å². The molecule has 0 amide bonds. The Bertz CT molecular complexity index is 352. The van der Waals surface area contributed by atoms with Crippen molar-refractivity contribution in [2.75, 3.05) is 0 Å². The Hall–Kier alpha value is -1.04. The summed E-state index contributed by atoms with van der Waals surface area (Å²) in [5.74, 6) is 0.818. The molecule has 0 N–H and O–H groups in total. The van der Waals surface area contributed by atoms with Gasteiger partial charge in [0.15, 0.2) is 0 Å². The Morgan fingerprint density at radius 2 is 2.25 bits per heavy atom. The topological polar surface area (TPSA) is 0 Å². The lowest BCUT2D eigenvalue weighted by molar-refractivity contribution is 0.714. The highest BCUT2D eigenvalue weighted by atomic mass is 14.6. The van der Waals surface area contributed by atoms with Gasteiger partial charge in [0.2, 0.25) is 0 Å². The van der Waals surface area contributed by atoms with E-state index in [0.29, 0.717) is 5.41 Å². The standard InChI is InChI=1S/C12H12/c1-9-5-6-10-4-2-3-7-12(10)8-11(9)12/h2-7,11H,8H2,1H3. The normalized spacial score (nSPS) is 41.2. The fraction of sp³-hybridized carbons (Fsp3) is 0.333. The first kappa shape index (κ1) is 6.47. The third-order valence-corrected chi connectivity index (χ3v) is 3.40. The molecule has 2 unspecified atom stereocenters. The summed E-state index contributed by atoms with van der Waals surface area (Å²) < 4.78 is 0. The van der Waals surface area contributed by atoms with Crippen LogP contribution in [0.4, 0.5) is 0 Å². The van der Waals surface area contributed by atoms with Gasteiger partial charge in [-0.15, -0.1) is 0 Å². The molecular weight excluding hydrogens is 144 g/mol. The molecule has 3 rings (SSSR count). The predicted octanol–water partition coefficient (Wildman–Crippen LogP) is 3.01. The fourth-order valence-electron chi connectivity index (χ4n) is 2.54. The number of allylic oxidation sites excluding steroid dienone is 8. The van der Waals surface area contributed by atoms with Crippen LogP contribution in [0.15, 0.2) is 47.6 Å². The SMILES string of the molecule is CC1=CC=C2C=CC=CC23CC13. The minimum absolute atomic E-state index is 0.438. The number of hydrogen-bond donors (Lipinski definition) is 0. The third kappa shape index (κ3) is 0.592. The van der Waals surface area contributed by atoms with Gasteiger partial charge >= 0.3 is 0 Å². The van der Waals surface area contributed by atoms with E-state index in [2.05, 4.69) is 43.4 Å². The van der Waals surface area contributed by atoms with Crippen molar-refractivity contribution in [2.45, 2.75) is 13.3 Å². The van der Waals surface area contributed by atoms with Crippen LogP contribution in [0.3, 0.4) is 0 Å². The maximum absolute atomic E-state index is 2.38. The van der Waals surface area contributed by atoms with Gasteiger partial charge in [0.1, 0.15) is 0 Å². The van der Waals surface area contributed by atoms with Crippen molar-refractivity contribution in [1.82, 2.24) is 0 Å². The molecule has 2 atom stereocenters. The summed E-state index contributed by atoms with van der Waals surface area (Å²) in [6.45, 7) is 2.25. The van der Waals surface area contributed by atoms with E-state index in [0.717, 1.165) is 5.92 Å². The van der Waals surface area contributed by atoms with E-state index in [9.17, 15) is 0 Å². The predicted molar refractivity (Wildman–Crippen MR) is 50.7 cm³/mol. The van der Waals surface area contributed by atoms with Crippen LogP contribution in [-0.2, 0) is 0 Å². The molecule has 1 spiro atoms. The number of hydrogen-bond acceptors (Lipinski definition) is 0. The van der Waals surface area contributed by atoms with Crippen molar-refractivity contribution in [3.8, 4) is 0 Å². The van der Waals surface area contributed by atoms with Gasteiger partial charge in [0.05, 0.1) is 0 Å². The van der Waals surface area contributed by atoms with Crippen molar-refractivity contribution >= 4 is 0 Å². The smallest absolute Gasteiger partial charge is 0.0207 e. The second kappa shape index (κ2) is 1.82. The van der Waals surface area contributed by atoms with E-state index >= 15 is 0 Å². The van der Waals surface area contributed by atoms with E-state index < -0.39 is 0 Å². The first-order chi connectivity index (χ1) is 5.83. The molecule has 0 aliphatic heterocycles. The summed E-state index contributed by atoms with van der Waals surface area (Å²) in [4.78, 5) is 0. The van der Waals surface area contributed by atoms with Gasteiger partial charge in [-0.3, -0.25) is 0 Å². The summed E-state index contributed by atoms with van der Waals surface area (Å²) in [5, 5.41) is 0. The molecule has 0 aromatic rings. The van der Waals surface area contributed by atoms with Crippen molar-refractivity contribution in [2.24, 2.45) is 11.3 Å². The molecule has 60 valence electrons. The van der Waals surface area contributed by atoms with E-state index in [1.807, 2.05) is 0 Å². The van der Waals surface area contributed by atoms with Crippen molar-refractivity contribution < 1.29 is 0 Å². The maximum Gasteiger partial charge on any atom is 0.0207 e. The van der Waals surface area contributed by atoms with Crippen molar-refractivity contribution in [1.29, 1.82) is 0 Å². The van der Waals surface area contributed by atoms with Crippen LogP contribution in [0.25, 0.3) is 0 Å². The first-order valence-corrected chi connectivity index (χ1v) is 4.58. The Kier molecular flexibility index (Phi) is 0.982. The molecule has 3 aliphatic rings. The van der Waals surface area contributed by atoms with Gasteiger partial charge in [-0.05, 0) is 24.8 Å². The Balaban J connectivity index is 2.16. The Morgan fingerprint density at radius 1 is 1.33 bits per heavy atom. The summed E-state index contributed by atoms with van der Waals surface area (Å²) >= 11 is 0. The van der Waals surface area contributed by atoms with Crippen LogP contribution >= 0.6 is 0 Å². The van der Waals surface area contributed by atoms with Crippen molar-refractivity contribution in [3.05, 3.63) is 47.6 Å². The molecular formula is C12H12. The van der Waals surface area contributed by atoms with E-state index in [-0.39, 0.29) is 0 Å². The molecule has 0 radical (unpaired) electrons. The molecule has 0 heteroatoms. The van der Waals surface area contributed by atoms with E-state index in [1.54, 1.807) is 5.57 Å². The Labute approximate surface area is 73.0 Å². The average Bonchev–Trinajstić information content (AvgIpc) is 2.80. The highest BCUT2D eigenvalue weighted by Gasteiger charge is 2.55. The van der Waals surface area contributed by atoms with Gasteiger partial charge in [0, 0.05) is 5.41 Å². The minimum Gasteiger partial charge on any atom is -0.0733 e. The molecule has 0 bridgehead atoms. The van der Waals surface area contributed by atoms with Crippen molar-refractivity contribution in [3.63, 3.8) is 0 Å². The zero-order valence-electron chi connectivity index (χ0n) is 7.25. The quantitative estimate of drug-likeness (QED) is 0.505. The third-order valence-electron chi connectivity index (χ3n) is 3.40. The number of rotatable bonds is 0. The molecule has 0 aromatic heterocycles. The second-order valence-electron chi connectivity index (χ2n) is 4.05. The molecule has 0 nitrogen and oxygen atoms in total. The van der Waals surface area contributed by atoms with Gasteiger partial charge in [-0.25, -0.2) is 0 Å². The van der Waals surface area contributed by atoms with Crippen LogP contribution in [0.1, 0.15) is 13.3 Å². The summed E-state index contributed by atoms with van der Waals surface area (Å²) in [6.07, 6.45) is 14.8. The monoisotopic (exact) mass is 156 g/mol. The van der Waals surface area contributed by atoms with Crippen LogP contribution in [-0.4, -0.2) is 0 Å². The molecule has 12 heavy (non-hydrogen) atoms. The van der Waals surface area contributed by atoms with Gasteiger partial charge in [0.25, 0.3) is 0 Å². The lowest BCUT2D eigenvalue weighted by atomic mass is 9.84. The zero-order valence-corrected chi connectivity index (χ0v) is 7.25. The van der Waals surface area contributed by atoms with E-state index in [4.69, 9.17) is 0 Å². The molecule has 1 fully saturated rings. The second-order valence-corrected chi connectivity index (χ2v) is 4.05. The molecule has 1 saturated carbocycles. The molecule has 0 saturated heterocycles. The first-order valence-electron chi connectivity index (χ1n) is 4.58. The highest BCUT2D eigenvalue weighted by Crippen LogP contribution is 2.64. The largest absolute Gasteiger partial charge is 0.0733 e. The average molecular weight is 156 g/mol. The van der Waals surface area contributed by atoms with Crippen LogP contribution < -0.4 is 0 Å². The molecule has 0 aromatic carbocycles. The minimum atomic E-state index is 0.438. The van der Waals surface area contributed by atoms with Crippen LogP contribution in [0.2, 0.25) is 0 Å². The molecule has 3 aliphatic carbocycles. The van der Waals surface area contributed by atoms with Gasteiger partial charge < -0.3 is 0 Å². The lowest BCUT2D eigenvalue weighted by Crippen LogP contribution is -2.08. The fourth-order valence-corrected chi connectivity index (χ4v) is 2.54. The Morgan fingerprint density at radius 3 is 3.17 bits per heavy atom. The summed E-state index contributed by atoms with van der Waals surface area (Å²) in [6, 6.07) is 0. The maximum atomic E-state index is 2.38. The van der Waals surface area contributed by atoms with Gasteiger partial charge in [-0.2, -0.15) is 0 Å². The molecule has 0 heterocycles. The zero-order chi connectivity index (χ0) is 8.18. The lowest BCUT2D eigenvalue weighted by Gasteiger charge is -2.20.